The van der Waals surface area contributed by atoms with Crippen LogP contribution in [0.1, 0.15) is 11.3 Å². The SMILES string of the molecule is CN=Cc1ccc(C)c(Br)n1. The summed E-state index contributed by atoms with van der Waals surface area (Å²) in [5, 5.41) is 0. The molecule has 0 aliphatic heterocycles. The molecule has 0 spiro atoms. The van der Waals surface area contributed by atoms with Gasteiger partial charge in [-0.15, -0.1) is 0 Å². The third-order valence-corrected chi connectivity index (χ3v) is 2.12. The predicted octanol–water partition coefficient (Wildman–Crippen LogP) is 2.20. The van der Waals surface area contributed by atoms with E-state index < -0.39 is 0 Å². The highest BCUT2D eigenvalue weighted by Crippen LogP contribution is 2.11. The molecule has 3 heteroatoms. The molecule has 0 amide bonds. The fourth-order valence-electron chi connectivity index (χ4n) is 0.722. The van der Waals surface area contributed by atoms with Crippen molar-refractivity contribution in [1.82, 2.24) is 4.98 Å². The van der Waals surface area contributed by atoms with E-state index in [1.165, 1.54) is 0 Å². The lowest BCUT2D eigenvalue weighted by Gasteiger charge is -1.96. The second kappa shape index (κ2) is 3.62. The third kappa shape index (κ3) is 2.12. The molecule has 0 bridgehead atoms. The second-order valence-corrected chi connectivity index (χ2v) is 2.98. The van der Waals surface area contributed by atoms with Gasteiger partial charge in [0.2, 0.25) is 0 Å². The molecule has 0 saturated carbocycles. The van der Waals surface area contributed by atoms with Crippen molar-refractivity contribution in [3.05, 3.63) is 28.0 Å². The molecule has 0 N–H and O–H groups in total. The number of hydrogen-bond acceptors (Lipinski definition) is 2. The first-order chi connectivity index (χ1) is 5.24. The number of nitrogens with zero attached hydrogens (tertiary/aromatic N) is 2. The van der Waals surface area contributed by atoms with Crippen molar-refractivity contribution in [2.45, 2.75) is 6.92 Å². The standard InChI is InChI=1S/C8H9BrN2/c1-6-3-4-7(5-10-2)11-8(6)9/h3-5H,1-2H3. The van der Waals surface area contributed by atoms with Crippen LogP contribution in [0.3, 0.4) is 0 Å². The number of rotatable bonds is 1. The van der Waals surface area contributed by atoms with Gasteiger partial charge in [-0.25, -0.2) is 4.98 Å². The summed E-state index contributed by atoms with van der Waals surface area (Å²) >= 11 is 3.34. The molecule has 0 aliphatic carbocycles. The van der Waals surface area contributed by atoms with Crippen LogP contribution >= 0.6 is 15.9 Å². The van der Waals surface area contributed by atoms with Gasteiger partial charge in [-0.3, -0.25) is 4.99 Å². The smallest absolute Gasteiger partial charge is 0.109 e. The Bertz CT molecular complexity index is 281. The van der Waals surface area contributed by atoms with Gasteiger partial charge in [0, 0.05) is 13.3 Å². The van der Waals surface area contributed by atoms with Crippen molar-refractivity contribution >= 4 is 22.1 Å². The molecule has 0 aliphatic rings. The molecule has 1 aromatic rings. The summed E-state index contributed by atoms with van der Waals surface area (Å²) in [5.41, 5.74) is 2.02. The van der Waals surface area contributed by atoms with Crippen molar-refractivity contribution in [3.63, 3.8) is 0 Å². The lowest BCUT2D eigenvalue weighted by atomic mass is 10.3. The average molecular weight is 213 g/mol. The maximum atomic E-state index is 4.23. The van der Waals surface area contributed by atoms with E-state index in [0.717, 1.165) is 15.9 Å². The molecule has 11 heavy (non-hydrogen) atoms. The Balaban J connectivity index is 3.05. The number of aromatic nitrogens is 1. The zero-order valence-corrected chi connectivity index (χ0v) is 8.09. The van der Waals surface area contributed by atoms with E-state index in [2.05, 4.69) is 25.9 Å². The van der Waals surface area contributed by atoms with Crippen molar-refractivity contribution < 1.29 is 0 Å². The zero-order chi connectivity index (χ0) is 8.27. The number of aryl methyl sites for hydroxylation is 1. The number of aliphatic imine (C=N–C) groups is 1. The highest BCUT2D eigenvalue weighted by molar-refractivity contribution is 9.10. The molecule has 0 atom stereocenters. The number of halogens is 1. The van der Waals surface area contributed by atoms with E-state index in [4.69, 9.17) is 0 Å². The lowest BCUT2D eigenvalue weighted by Crippen LogP contribution is -1.89. The van der Waals surface area contributed by atoms with E-state index >= 15 is 0 Å². The zero-order valence-electron chi connectivity index (χ0n) is 6.50. The molecule has 0 fully saturated rings. The van der Waals surface area contributed by atoms with Crippen molar-refractivity contribution in [2.75, 3.05) is 7.05 Å². The van der Waals surface area contributed by atoms with Gasteiger partial charge < -0.3 is 0 Å². The Hall–Kier alpha value is -0.700. The monoisotopic (exact) mass is 212 g/mol. The number of pyridine rings is 1. The van der Waals surface area contributed by atoms with Crippen LogP contribution in [0.4, 0.5) is 0 Å². The van der Waals surface area contributed by atoms with Gasteiger partial charge in [-0.05, 0) is 34.5 Å². The third-order valence-electron chi connectivity index (χ3n) is 1.32. The second-order valence-electron chi connectivity index (χ2n) is 2.23. The summed E-state index contributed by atoms with van der Waals surface area (Å²) in [6.45, 7) is 2.00. The Kier molecular flexibility index (Phi) is 2.76. The Morgan fingerprint density at radius 3 is 2.82 bits per heavy atom. The van der Waals surface area contributed by atoms with Crippen LogP contribution in [0.5, 0.6) is 0 Å². The largest absolute Gasteiger partial charge is 0.294 e. The molecule has 0 radical (unpaired) electrons. The molecule has 58 valence electrons. The Morgan fingerprint density at radius 1 is 1.55 bits per heavy atom. The van der Waals surface area contributed by atoms with Crippen molar-refractivity contribution in [3.8, 4) is 0 Å². The van der Waals surface area contributed by atoms with Crippen LogP contribution in [0, 0.1) is 6.92 Å². The summed E-state index contributed by atoms with van der Waals surface area (Å²) in [4.78, 5) is 8.10. The molecule has 1 aromatic heterocycles. The maximum absolute atomic E-state index is 4.23. The van der Waals surface area contributed by atoms with Gasteiger partial charge in [-0.1, -0.05) is 6.07 Å². The first-order valence-electron chi connectivity index (χ1n) is 3.29. The van der Waals surface area contributed by atoms with E-state index in [1.807, 2.05) is 19.1 Å². The summed E-state index contributed by atoms with van der Waals surface area (Å²) in [7, 11) is 1.73. The van der Waals surface area contributed by atoms with Gasteiger partial charge in [-0.2, -0.15) is 0 Å². The summed E-state index contributed by atoms with van der Waals surface area (Å²) < 4.78 is 0.884. The van der Waals surface area contributed by atoms with E-state index in [0.29, 0.717) is 0 Å². The topological polar surface area (TPSA) is 25.2 Å². The number of hydrogen-bond donors (Lipinski definition) is 0. The molecule has 0 unspecified atom stereocenters. The minimum atomic E-state index is 0.880. The van der Waals surface area contributed by atoms with E-state index in [1.54, 1.807) is 13.3 Å². The quantitative estimate of drug-likeness (QED) is 0.518. The summed E-state index contributed by atoms with van der Waals surface area (Å²) in [6, 6.07) is 3.95. The normalized spacial score (nSPS) is 10.8. The summed E-state index contributed by atoms with van der Waals surface area (Å²) in [6.07, 6.45) is 1.73. The fraction of sp³-hybridized carbons (Fsp3) is 0.250. The first-order valence-corrected chi connectivity index (χ1v) is 4.08. The highest BCUT2D eigenvalue weighted by Gasteiger charge is 1.95. The minimum absolute atomic E-state index is 0.880. The lowest BCUT2D eigenvalue weighted by molar-refractivity contribution is 1.20. The van der Waals surface area contributed by atoms with Crippen LogP contribution in [0.25, 0.3) is 0 Å². The fourth-order valence-corrected chi connectivity index (χ4v) is 1.06. The van der Waals surface area contributed by atoms with Gasteiger partial charge in [0.05, 0.1) is 5.69 Å². The van der Waals surface area contributed by atoms with E-state index in [-0.39, 0.29) is 0 Å². The first kappa shape index (κ1) is 8.40. The minimum Gasteiger partial charge on any atom is -0.294 e. The van der Waals surface area contributed by atoms with Crippen LogP contribution in [-0.2, 0) is 0 Å². The molecule has 1 heterocycles. The average Bonchev–Trinajstić information content (AvgIpc) is 1.98. The van der Waals surface area contributed by atoms with Gasteiger partial charge in [0.1, 0.15) is 4.60 Å². The van der Waals surface area contributed by atoms with Gasteiger partial charge >= 0.3 is 0 Å². The van der Waals surface area contributed by atoms with Crippen molar-refractivity contribution in [1.29, 1.82) is 0 Å². The Labute approximate surface area is 74.5 Å². The van der Waals surface area contributed by atoms with E-state index in [9.17, 15) is 0 Å². The van der Waals surface area contributed by atoms with Crippen LogP contribution in [-0.4, -0.2) is 18.2 Å². The van der Waals surface area contributed by atoms with Crippen LogP contribution in [0.15, 0.2) is 21.7 Å². The van der Waals surface area contributed by atoms with Gasteiger partial charge in [0.25, 0.3) is 0 Å². The van der Waals surface area contributed by atoms with Crippen LogP contribution < -0.4 is 0 Å². The summed E-state index contributed by atoms with van der Waals surface area (Å²) in [5.74, 6) is 0. The van der Waals surface area contributed by atoms with Crippen LogP contribution in [0.2, 0.25) is 0 Å². The molecule has 2 nitrogen and oxygen atoms in total. The molecular weight excluding hydrogens is 204 g/mol. The van der Waals surface area contributed by atoms with Gasteiger partial charge in [0.15, 0.2) is 0 Å². The molecule has 0 aromatic carbocycles. The van der Waals surface area contributed by atoms with Crippen molar-refractivity contribution in [2.24, 2.45) is 4.99 Å². The molecule has 0 saturated heterocycles. The predicted molar refractivity (Wildman–Crippen MR) is 50.2 cm³/mol. The maximum Gasteiger partial charge on any atom is 0.109 e. The molecule has 1 rings (SSSR count). The Morgan fingerprint density at radius 2 is 2.27 bits per heavy atom. The molecular formula is C8H9BrN2. The highest BCUT2D eigenvalue weighted by atomic mass is 79.9.